The summed E-state index contributed by atoms with van der Waals surface area (Å²) in [5.74, 6) is 0.112. The first-order valence-electron chi connectivity index (χ1n) is 9.17. The molecule has 1 amide bonds. The molecule has 136 valence electrons. The summed E-state index contributed by atoms with van der Waals surface area (Å²) in [7, 11) is 0. The van der Waals surface area contributed by atoms with Crippen LogP contribution in [0.2, 0.25) is 5.02 Å². The molecule has 0 spiro atoms. The predicted molar refractivity (Wildman–Crippen MR) is 107 cm³/mol. The molecule has 26 heavy (non-hydrogen) atoms. The van der Waals surface area contributed by atoms with Gasteiger partial charge in [0.2, 0.25) is 5.91 Å². The van der Waals surface area contributed by atoms with Crippen molar-refractivity contribution in [1.29, 1.82) is 0 Å². The fourth-order valence-electron chi connectivity index (χ4n) is 3.01. The molecule has 1 heterocycles. The quantitative estimate of drug-likeness (QED) is 0.564. The number of amides is 1. The second kappa shape index (κ2) is 8.86. The number of nitrogens with one attached hydrogen (secondary N) is 1. The Labute approximate surface area is 159 Å². The molecular weight excluding hydrogens is 346 g/mol. The first-order chi connectivity index (χ1) is 12.7. The summed E-state index contributed by atoms with van der Waals surface area (Å²) in [6.45, 7) is 3.58. The third kappa shape index (κ3) is 4.44. The number of hydrogen-bond acceptors (Lipinski definition) is 2. The van der Waals surface area contributed by atoms with Crippen LogP contribution in [0, 0.1) is 0 Å². The molecule has 3 rings (SSSR count). The number of fused-ring (bicyclic) bond motifs is 1. The summed E-state index contributed by atoms with van der Waals surface area (Å²) in [5, 5.41) is 9.50. The highest BCUT2D eigenvalue weighted by Gasteiger charge is 2.13. The maximum Gasteiger partial charge on any atom is 0.220 e. The first kappa shape index (κ1) is 18.5. The third-order valence-corrected chi connectivity index (χ3v) is 4.62. The topological polar surface area (TPSA) is 46.9 Å². The lowest BCUT2D eigenvalue weighted by atomic mass is 10.1. The number of carbonyl (C=O) groups is 1. The van der Waals surface area contributed by atoms with Crippen LogP contribution in [0.5, 0.6) is 0 Å². The SMILES string of the molecule is CCCCNC(=O)CCCn1nc(-c2ccccc2)c2cc(Cl)ccc21. The first-order valence-corrected chi connectivity index (χ1v) is 9.55. The summed E-state index contributed by atoms with van der Waals surface area (Å²) >= 11 is 6.20. The van der Waals surface area contributed by atoms with E-state index in [1.54, 1.807) is 0 Å². The van der Waals surface area contributed by atoms with Crippen molar-refractivity contribution in [1.82, 2.24) is 15.1 Å². The second-order valence-electron chi connectivity index (χ2n) is 6.41. The number of aryl methyl sites for hydroxylation is 1. The highest BCUT2D eigenvalue weighted by Crippen LogP contribution is 2.30. The Kier molecular flexibility index (Phi) is 6.29. The van der Waals surface area contributed by atoms with Crippen LogP contribution in [0.4, 0.5) is 0 Å². The standard InChI is InChI=1S/C21H24ClN3O/c1-2-3-13-23-20(26)10-7-14-25-19-12-11-17(22)15-18(19)21(24-25)16-8-5-4-6-9-16/h4-6,8-9,11-12,15H,2-3,7,10,13-14H2,1H3,(H,23,26). The number of aromatic nitrogens is 2. The number of nitrogens with zero attached hydrogens (tertiary/aromatic N) is 2. The molecule has 0 aliphatic heterocycles. The zero-order chi connectivity index (χ0) is 18.4. The van der Waals surface area contributed by atoms with E-state index in [0.717, 1.165) is 48.0 Å². The van der Waals surface area contributed by atoms with Crippen LogP contribution in [0.3, 0.4) is 0 Å². The van der Waals surface area contributed by atoms with E-state index in [4.69, 9.17) is 16.7 Å². The van der Waals surface area contributed by atoms with Crippen LogP contribution in [0.15, 0.2) is 48.5 Å². The minimum atomic E-state index is 0.112. The number of halogens is 1. The lowest BCUT2D eigenvalue weighted by Gasteiger charge is -2.05. The van der Waals surface area contributed by atoms with Gasteiger partial charge in [-0.05, 0) is 31.0 Å². The van der Waals surface area contributed by atoms with Crippen molar-refractivity contribution in [2.75, 3.05) is 6.54 Å². The van der Waals surface area contributed by atoms with Crippen LogP contribution in [0.25, 0.3) is 22.2 Å². The van der Waals surface area contributed by atoms with Crippen molar-refractivity contribution >= 4 is 28.4 Å². The van der Waals surface area contributed by atoms with E-state index >= 15 is 0 Å². The van der Waals surface area contributed by atoms with Crippen molar-refractivity contribution < 1.29 is 4.79 Å². The van der Waals surface area contributed by atoms with E-state index in [0.29, 0.717) is 18.0 Å². The van der Waals surface area contributed by atoms with Gasteiger partial charge in [-0.3, -0.25) is 9.48 Å². The molecule has 0 saturated heterocycles. The molecule has 1 aromatic heterocycles. The van der Waals surface area contributed by atoms with E-state index in [1.165, 1.54) is 0 Å². The van der Waals surface area contributed by atoms with Crippen molar-refractivity contribution in [2.45, 2.75) is 39.2 Å². The van der Waals surface area contributed by atoms with Gasteiger partial charge in [0, 0.05) is 35.5 Å². The van der Waals surface area contributed by atoms with Crippen LogP contribution in [-0.4, -0.2) is 22.2 Å². The number of rotatable bonds is 8. The minimum absolute atomic E-state index is 0.112. The van der Waals surface area contributed by atoms with Gasteiger partial charge in [-0.1, -0.05) is 55.3 Å². The molecule has 0 radical (unpaired) electrons. The van der Waals surface area contributed by atoms with Crippen LogP contribution >= 0.6 is 11.6 Å². The Morgan fingerprint density at radius 2 is 1.96 bits per heavy atom. The van der Waals surface area contributed by atoms with Crippen molar-refractivity contribution in [2.24, 2.45) is 0 Å². The largest absolute Gasteiger partial charge is 0.356 e. The smallest absolute Gasteiger partial charge is 0.220 e. The predicted octanol–water partition coefficient (Wildman–Crippen LogP) is 5.05. The molecule has 4 nitrogen and oxygen atoms in total. The number of unbranched alkanes of at least 4 members (excludes halogenated alkanes) is 1. The Bertz CT molecular complexity index is 874. The molecule has 2 aromatic carbocycles. The Morgan fingerprint density at radius 3 is 2.73 bits per heavy atom. The highest BCUT2D eigenvalue weighted by atomic mass is 35.5. The second-order valence-corrected chi connectivity index (χ2v) is 6.84. The monoisotopic (exact) mass is 369 g/mol. The van der Waals surface area contributed by atoms with Crippen molar-refractivity contribution in [3.8, 4) is 11.3 Å². The number of hydrogen-bond donors (Lipinski definition) is 1. The Balaban J connectivity index is 1.76. The van der Waals surface area contributed by atoms with Crippen LogP contribution in [-0.2, 0) is 11.3 Å². The molecular formula is C21H24ClN3O. The van der Waals surface area contributed by atoms with Gasteiger partial charge in [-0.15, -0.1) is 0 Å². The van der Waals surface area contributed by atoms with E-state index < -0.39 is 0 Å². The molecule has 0 aliphatic carbocycles. The highest BCUT2D eigenvalue weighted by molar-refractivity contribution is 6.31. The van der Waals surface area contributed by atoms with Crippen LogP contribution in [0.1, 0.15) is 32.6 Å². The molecule has 3 aromatic rings. The summed E-state index contributed by atoms with van der Waals surface area (Å²) in [6.07, 6.45) is 3.38. The number of carbonyl (C=O) groups excluding carboxylic acids is 1. The average Bonchev–Trinajstić information content (AvgIpc) is 3.00. The average molecular weight is 370 g/mol. The lowest BCUT2D eigenvalue weighted by molar-refractivity contribution is -0.121. The lowest BCUT2D eigenvalue weighted by Crippen LogP contribution is -2.24. The third-order valence-electron chi connectivity index (χ3n) is 4.39. The zero-order valence-electron chi connectivity index (χ0n) is 15.0. The van der Waals surface area contributed by atoms with Gasteiger partial charge < -0.3 is 5.32 Å². The van der Waals surface area contributed by atoms with E-state index in [2.05, 4.69) is 12.2 Å². The summed E-state index contributed by atoms with van der Waals surface area (Å²) in [6, 6.07) is 15.9. The molecule has 0 bridgehead atoms. The fraction of sp³-hybridized carbons (Fsp3) is 0.333. The summed E-state index contributed by atoms with van der Waals surface area (Å²) in [5.41, 5.74) is 3.03. The van der Waals surface area contributed by atoms with Gasteiger partial charge in [-0.25, -0.2) is 0 Å². The number of benzene rings is 2. The Morgan fingerprint density at radius 1 is 1.15 bits per heavy atom. The van der Waals surface area contributed by atoms with E-state index in [1.807, 2.05) is 53.2 Å². The maximum absolute atomic E-state index is 11.9. The summed E-state index contributed by atoms with van der Waals surface area (Å²) in [4.78, 5) is 11.9. The molecule has 0 saturated carbocycles. The molecule has 5 heteroatoms. The van der Waals surface area contributed by atoms with Gasteiger partial charge >= 0.3 is 0 Å². The molecule has 0 atom stereocenters. The van der Waals surface area contributed by atoms with Gasteiger partial charge in [0.05, 0.1) is 5.52 Å². The van der Waals surface area contributed by atoms with E-state index in [-0.39, 0.29) is 5.91 Å². The maximum atomic E-state index is 11.9. The molecule has 1 N–H and O–H groups in total. The zero-order valence-corrected chi connectivity index (χ0v) is 15.8. The molecule has 0 fully saturated rings. The van der Waals surface area contributed by atoms with E-state index in [9.17, 15) is 4.79 Å². The van der Waals surface area contributed by atoms with Gasteiger partial charge in [0.25, 0.3) is 0 Å². The molecule has 0 unspecified atom stereocenters. The van der Waals surface area contributed by atoms with Gasteiger partial charge in [0.1, 0.15) is 5.69 Å². The van der Waals surface area contributed by atoms with Crippen LogP contribution < -0.4 is 5.32 Å². The fourth-order valence-corrected chi connectivity index (χ4v) is 3.19. The minimum Gasteiger partial charge on any atom is -0.356 e. The Hall–Kier alpha value is -2.33. The molecule has 0 aliphatic rings. The summed E-state index contributed by atoms with van der Waals surface area (Å²) < 4.78 is 1.98. The van der Waals surface area contributed by atoms with Gasteiger partial charge in [0.15, 0.2) is 0 Å². The van der Waals surface area contributed by atoms with Crippen molar-refractivity contribution in [3.63, 3.8) is 0 Å². The van der Waals surface area contributed by atoms with Gasteiger partial charge in [-0.2, -0.15) is 5.10 Å². The van der Waals surface area contributed by atoms with Crippen molar-refractivity contribution in [3.05, 3.63) is 53.6 Å². The normalized spacial score (nSPS) is 11.0.